The number of nitrogen functional groups attached to an aromatic ring is 1. The van der Waals surface area contributed by atoms with Crippen LogP contribution in [0.2, 0.25) is 0 Å². The third kappa shape index (κ3) is 3.28. The molecule has 0 saturated heterocycles. The minimum Gasteiger partial charge on any atom is -0.399 e. The van der Waals surface area contributed by atoms with Crippen LogP contribution in [0.5, 0.6) is 0 Å². The number of aryl methyl sites for hydroxylation is 1. The van der Waals surface area contributed by atoms with Gasteiger partial charge in [0.1, 0.15) is 0 Å². The van der Waals surface area contributed by atoms with Crippen molar-refractivity contribution in [1.82, 2.24) is 5.32 Å². The predicted octanol–water partition coefficient (Wildman–Crippen LogP) is 1.89. The smallest absolute Gasteiger partial charge is 0.0325 e. The third-order valence-electron chi connectivity index (χ3n) is 1.82. The molecule has 0 fully saturated rings. The lowest BCUT2D eigenvalue weighted by molar-refractivity contribution is 0.871. The van der Waals surface area contributed by atoms with Gasteiger partial charge in [-0.1, -0.05) is 6.07 Å². The fraction of sp³-hybridized carbons (Fsp3) is 0.400. The molecule has 1 aromatic carbocycles. The molecular formula is C10H16N2S. The molecule has 0 bridgehead atoms. The van der Waals surface area contributed by atoms with Crippen molar-refractivity contribution in [3.05, 3.63) is 23.8 Å². The fourth-order valence-corrected chi connectivity index (χ4v) is 2.08. The summed E-state index contributed by atoms with van der Waals surface area (Å²) in [5.41, 5.74) is 7.85. The number of anilines is 1. The molecule has 0 atom stereocenters. The number of nitrogens with one attached hydrogen (secondary N) is 1. The first kappa shape index (κ1) is 10.4. The Morgan fingerprint density at radius 1 is 1.46 bits per heavy atom. The van der Waals surface area contributed by atoms with E-state index in [0.29, 0.717) is 0 Å². The van der Waals surface area contributed by atoms with Crippen molar-refractivity contribution in [2.45, 2.75) is 11.8 Å². The highest BCUT2D eigenvalue weighted by molar-refractivity contribution is 7.99. The van der Waals surface area contributed by atoms with Crippen LogP contribution in [0, 0.1) is 6.92 Å². The van der Waals surface area contributed by atoms with E-state index in [9.17, 15) is 0 Å². The van der Waals surface area contributed by atoms with E-state index >= 15 is 0 Å². The standard InChI is InChI=1S/C10H16N2S/c1-8-3-4-9(11)7-10(8)13-6-5-12-2/h3-4,7,12H,5-6,11H2,1-2H3. The van der Waals surface area contributed by atoms with Crippen molar-refractivity contribution in [1.29, 1.82) is 0 Å². The largest absolute Gasteiger partial charge is 0.399 e. The summed E-state index contributed by atoms with van der Waals surface area (Å²) in [4.78, 5) is 1.29. The molecule has 3 heteroatoms. The number of hydrogen-bond donors (Lipinski definition) is 2. The van der Waals surface area contributed by atoms with Crippen LogP contribution >= 0.6 is 11.8 Å². The van der Waals surface area contributed by atoms with Gasteiger partial charge in [0.25, 0.3) is 0 Å². The number of nitrogens with two attached hydrogens (primary N) is 1. The second-order valence-electron chi connectivity index (χ2n) is 2.98. The topological polar surface area (TPSA) is 38.0 Å². The van der Waals surface area contributed by atoms with E-state index in [1.165, 1.54) is 10.5 Å². The van der Waals surface area contributed by atoms with Crippen molar-refractivity contribution in [2.24, 2.45) is 0 Å². The average Bonchev–Trinajstić information content (AvgIpc) is 2.11. The molecule has 0 radical (unpaired) electrons. The van der Waals surface area contributed by atoms with Crippen molar-refractivity contribution in [3.8, 4) is 0 Å². The molecule has 1 aromatic rings. The van der Waals surface area contributed by atoms with E-state index in [2.05, 4.69) is 18.3 Å². The Hall–Kier alpha value is -0.670. The average molecular weight is 196 g/mol. The minimum atomic E-state index is 0.845. The molecule has 13 heavy (non-hydrogen) atoms. The van der Waals surface area contributed by atoms with Gasteiger partial charge in [-0.05, 0) is 31.7 Å². The molecule has 0 heterocycles. The maximum absolute atomic E-state index is 5.70. The molecule has 0 aromatic heterocycles. The minimum absolute atomic E-state index is 0.845. The van der Waals surface area contributed by atoms with E-state index in [1.54, 1.807) is 0 Å². The van der Waals surface area contributed by atoms with Crippen LogP contribution in [0.15, 0.2) is 23.1 Å². The zero-order chi connectivity index (χ0) is 9.68. The summed E-state index contributed by atoms with van der Waals surface area (Å²) < 4.78 is 0. The van der Waals surface area contributed by atoms with Crippen molar-refractivity contribution in [3.63, 3.8) is 0 Å². The number of rotatable bonds is 4. The van der Waals surface area contributed by atoms with Crippen LogP contribution in [0.25, 0.3) is 0 Å². The molecule has 0 spiro atoms. The maximum Gasteiger partial charge on any atom is 0.0325 e. The Morgan fingerprint density at radius 2 is 2.23 bits per heavy atom. The predicted molar refractivity (Wildman–Crippen MR) is 60.2 cm³/mol. The Kier molecular flexibility index (Phi) is 4.12. The van der Waals surface area contributed by atoms with Crippen LogP contribution in [-0.2, 0) is 0 Å². The van der Waals surface area contributed by atoms with E-state index in [0.717, 1.165) is 18.0 Å². The van der Waals surface area contributed by atoms with Crippen LogP contribution in [0.3, 0.4) is 0 Å². The van der Waals surface area contributed by atoms with Gasteiger partial charge in [0.2, 0.25) is 0 Å². The summed E-state index contributed by atoms with van der Waals surface area (Å²) in [5.74, 6) is 1.08. The molecule has 0 aliphatic rings. The molecule has 1 rings (SSSR count). The number of thioether (sulfide) groups is 1. The molecule has 3 N–H and O–H groups in total. The molecule has 2 nitrogen and oxygen atoms in total. The molecule has 0 aliphatic heterocycles. The van der Waals surface area contributed by atoms with E-state index < -0.39 is 0 Å². The van der Waals surface area contributed by atoms with Crippen molar-refractivity contribution < 1.29 is 0 Å². The van der Waals surface area contributed by atoms with Gasteiger partial charge in [0, 0.05) is 22.9 Å². The Balaban J connectivity index is 2.59. The molecule has 0 unspecified atom stereocenters. The third-order valence-corrected chi connectivity index (χ3v) is 2.98. The number of benzene rings is 1. The van der Waals surface area contributed by atoms with Crippen LogP contribution in [0.1, 0.15) is 5.56 Å². The van der Waals surface area contributed by atoms with E-state index in [4.69, 9.17) is 5.73 Å². The SMILES string of the molecule is CNCCSc1cc(N)ccc1C. The fourth-order valence-electron chi connectivity index (χ4n) is 1.04. The number of hydrogen-bond acceptors (Lipinski definition) is 3. The summed E-state index contributed by atoms with van der Waals surface area (Å²) in [5, 5.41) is 3.12. The van der Waals surface area contributed by atoms with E-state index in [1.807, 2.05) is 30.9 Å². The van der Waals surface area contributed by atoms with Crippen molar-refractivity contribution >= 4 is 17.4 Å². The lowest BCUT2D eigenvalue weighted by Crippen LogP contribution is -2.09. The first-order valence-corrected chi connectivity index (χ1v) is 5.36. The van der Waals surface area contributed by atoms with Crippen LogP contribution in [0.4, 0.5) is 5.69 Å². The van der Waals surface area contributed by atoms with Gasteiger partial charge in [0.05, 0.1) is 0 Å². The lowest BCUT2D eigenvalue weighted by Gasteiger charge is -2.05. The molecule has 0 aliphatic carbocycles. The Labute approximate surface area is 83.9 Å². The Bertz CT molecular complexity index is 274. The lowest BCUT2D eigenvalue weighted by atomic mass is 10.2. The molecule has 0 saturated carbocycles. The van der Waals surface area contributed by atoms with E-state index in [-0.39, 0.29) is 0 Å². The second kappa shape index (κ2) is 5.14. The van der Waals surface area contributed by atoms with Gasteiger partial charge in [-0.3, -0.25) is 0 Å². The zero-order valence-corrected chi connectivity index (χ0v) is 8.95. The van der Waals surface area contributed by atoms with Gasteiger partial charge < -0.3 is 11.1 Å². The highest BCUT2D eigenvalue weighted by Gasteiger charge is 1.98. The normalized spacial score (nSPS) is 10.3. The summed E-state index contributed by atoms with van der Waals surface area (Å²) in [6.45, 7) is 3.14. The summed E-state index contributed by atoms with van der Waals surface area (Å²) >= 11 is 1.84. The van der Waals surface area contributed by atoms with Gasteiger partial charge in [-0.25, -0.2) is 0 Å². The zero-order valence-electron chi connectivity index (χ0n) is 8.13. The summed E-state index contributed by atoms with van der Waals surface area (Å²) in [7, 11) is 1.97. The van der Waals surface area contributed by atoms with Gasteiger partial charge in [-0.2, -0.15) is 0 Å². The second-order valence-corrected chi connectivity index (χ2v) is 4.11. The van der Waals surface area contributed by atoms with Crippen molar-refractivity contribution in [2.75, 3.05) is 25.1 Å². The Morgan fingerprint density at radius 3 is 2.92 bits per heavy atom. The van der Waals surface area contributed by atoms with Crippen LogP contribution < -0.4 is 11.1 Å². The molecule has 0 amide bonds. The maximum atomic E-state index is 5.70. The highest BCUT2D eigenvalue weighted by atomic mass is 32.2. The highest BCUT2D eigenvalue weighted by Crippen LogP contribution is 2.23. The first-order valence-electron chi connectivity index (χ1n) is 4.37. The monoisotopic (exact) mass is 196 g/mol. The first-order chi connectivity index (χ1) is 6.24. The van der Waals surface area contributed by atoms with Gasteiger partial charge >= 0.3 is 0 Å². The van der Waals surface area contributed by atoms with Crippen LogP contribution in [-0.4, -0.2) is 19.3 Å². The quantitative estimate of drug-likeness (QED) is 0.439. The summed E-state index contributed by atoms with van der Waals surface area (Å²) in [6, 6.07) is 6.05. The molecular weight excluding hydrogens is 180 g/mol. The van der Waals surface area contributed by atoms with Gasteiger partial charge in [0.15, 0.2) is 0 Å². The van der Waals surface area contributed by atoms with Gasteiger partial charge in [-0.15, -0.1) is 11.8 Å². The summed E-state index contributed by atoms with van der Waals surface area (Å²) in [6.07, 6.45) is 0. The molecule has 72 valence electrons.